The standard InChI is InChI=1S/C27H20Se/c1-16-14-22-19-9-4-3-8-18(19)15-23(22)26(17(16)2)21-11-7-13-25-27(21)20-10-5-6-12-24(20)28-25/h3-14H,15H2,1-2H3. The summed E-state index contributed by atoms with van der Waals surface area (Å²) >= 11 is 0.409. The van der Waals surface area contributed by atoms with Gasteiger partial charge < -0.3 is 0 Å². The molecule has 0 atom stereocenters. The van der Waals surface area contributed by atoms with E-state index in [1.165, 1.54) is 63.8 Å². The van der Waals surface area contributed by atoms with Crippen molar-refractivity contribution in [1.82, 2.24) is 0 Å². The molecule has 0 fully saturated rings. The SMILES string of the molecule is Cc1cc2c(c(-c3cccc4[se]c5ccccc5c34)c1C)Cc1ccccc1-2. The van der Waals surface area contributed by atoms with E-state index in [1.54, 1.807) is 0 Å². The second-order valence-electron chi connectivity index (χ2n) is 7.83. The first-order chi connectivity index (χ1) is 13.7. The fourth-order valence-electron chi connectivity index (χ4n) is 4.87. The molecular formula is C27H20Se. The molecule has 0 spiro atoms. The summed E-state index contributed by atoms with van der Waals surface area (Å²) in [7, 11) is 0. The molecule has 134 valence electrons. The topological polar surface area (TPSA) is 0 Å². The van der Waals surface area contributed by atoms with E-state index < -0.39 is 0 Å². The molecule has 0 saturated heterocycles. The second kappa shape index (κ2) is 5.95. The first kappa shape index (κ1) is 16.4. The van der Waals surface area contributed by atoms with Crippen LogP contribution in [0, 0.1) is 13.8 Å². The second-order valence-corrected chi connectivity index (χ2v) is 10.1. The predicted molar refractivity (Wildman–Crippen MR) is 122 cm³/mol. The Hall–Kier alpha value is -2.60. The zero-order chi connectivity index (χ0) is 18.8. The van der Waals surface area contributed by atoms with E-state index in [-0.39, 0.29) is 0 Å². The quantitative estimate of drug-likeness (QED) is 0.252. The van der Waals surface area contributed by atoms with Crippen LogP contribution >= 0.6 is 0 Å². The molecule has 0 N–H and O–H groups in total. The summed E-state index contributed by atoms with van der Waals surface area (Å²) in [5, 5.41) is 2.92. The van der Waals surface area contributed by atoms with E-state index >= 15 is 0 Å². The molecule has 0 aliphatic heterocycles. The van der Waals surface area contributed by atoms with Crippen molar-refractivity contribution in [2.45, 2.75) is 20.3 Å². The van der Waals surface area contributed by atoms with Crippen LogP contribution in [0.1, 0.15) is 22.3 Å². The summed E-state index contributed by atoms with van der Waals surface area (Å²) in [6.45, 7) is 4.57. The summed E-state index contributed by atoms with van der Waals surface area (Å²) in [6.07, 6.45) is 1.04. The minimum atomic E-state index is 0.409. The van der Waals surface area contributed by atoms with E-state index in [2.05, 4.69) is 86.6 Å². The van der Waals surface area contributed by atoms with Crippen molar-refractivity contribution in [2.24, 2.45) is 0 Å². The first-order valence-corrected chi connectivity index (χ1v) is 11.6. The Balaban J connectivity index is 1.75. The van der Waals surface area contributed by atoms with Gasteiger partial charge >= 0.3 is 171 Å². The zero-order valence-corrected chi connectivity index (χ0v) is 17.8. The normalized spacial score (nSPS) is 12.5. The monoisotopic (exact) mass is 424 g/mol. The van der Waals surface area contributed by atoms with Crippen LogP contribution in [-0.4, -0.2) is 14.5 Å². The Labute approximate surface area is 171 Å². The van der Waals surface area contributed by atoms with Gasteiger partial charge in [-0.2, -0.15) is 0 Å². The van der Waals surface area contributed by atoms with Gasteiger partial charge in [-0.25, -0.2) is 0 Å². The van der Waals surface area contributed by atoms with Gasteiger partial charge in [-0.15, -0.1) is 0 Å². The van der Waals surface area contributed by atoms with Gasteiger partial charge in [0.1, 0.15) is 0 Å². The van der Waals surface area contributed by atoms with E-state index in [4.69, 9.17) is 0 Å². The molecule has 0 nitrogen and oxygen atoms in total. The van der Waals surface area contributed by atoms with Crippen LogP contribution < -0.4 is 0 Å². The van der Waals surface area contributed by atoms with Crippen molar-refractivity contribution < 1.29 is 0 Å². The van der Waals surface area contributed by atoms with Crippen molar-refractivity contribution in [3.05, 3.63) is 95.1 Å². The molecule has 0 bridgehead atoms. The molecule has 0 unspecified atom stereocenters. The van der Waals surface area contributed by atoms with Gasteiger partial charge in [0.15, 0.2) is 0 Å². The summed E-state index contributed by atoms with van der Waals surface area (Å²) in [6, 6.07) is 27.2. The number of aryl methyl sites for hydroxylation is 1. The molecule has 1 aliphatic carbocycles. The fourth-order valence-corrected chi connectivity index (χ4v) is 7.24. The van der Waals surface area contributed by atoms with Gasteiger partial charge in [0.25, 0.3) is 0 Å². The number of hydrogen-bond donors (Lipinski definition) is 0. The van der Waals surface area contributed by atoms with Crippen LogP contribution in [0.3, 0.4) is 0 Å². The van der Waals surface area contributed by atoms with Gasteiger partial charge in [0, 0.05) is 0 Å². The fraction of sp³-hybridized carbons (Fsp3) is 0.111. The Bertz CT molecular complexity index is 1400. The van der Waals surface area contributed by atoms with Crippen LogP contribution in [0.2, 0.25) is 0 Å². The van der Waals surface area contributed by atoms with Crippen molar-refractivity contribution in [1.29, 1.82) is 0 Å². The van der Waals surface area contributed by atoms with Crippen LogP contribution in [0.15, 0.2) is 72.8 Å². The number of fused-ring (bicyclic) bond motifs is 6. The van der Waals surface area contributed by atoms with Gasteiger partial charge in [0.05, 0.1) is 0 Å². The minimum absolute atomic E-state index is 0.409. The third-order valence-corrected chi connectivity index (χ3v) is 8.68. The molecule has 28 heavy (non-hydrogen) atoms. The molecule has 6 rings (SSSR count). The molecule has 1 heterocycles. The third kappa shape index (κ3) is 2.18. The Morgan fingerprint density at radius 3 is 2.39 bits per heavy atom. The first-order valence-electron chi connectivity index (χ1n) is 9.84. The van der Waals surface area contributed by atoms with Gasteiger partial charge in [-0.3, -0.25) is 0 Å². The van der Waals surface area contributed by atoms with Crippen LogP contribution in [-0.2, 0) is 6.42 Å². The van der Waals surface area contributed by atoms with E-state index in [0.717, 1.165) is 6.42 Å². The van der Waals surface area contributed by atoms with Crippen LogP contribution in [0.5, 0.6) is 0 Å². The average Bonchev–Trinajstić information content (AvgIpc) is 3.27. The number of benzene rings is 4. The summed E-state index contributed by atoms with van der Waals surface area (Å²) < 4.78 is 3.04. The molecule has 4 aromatic carbocycles. The van der Waals surface area contributed by atoms with Crippen molar-refractivity contribution in [3.8, 4) is 22.3 Å². The van der Waals surface area contributed by atoms with Crippen LogP contribution in [0.25, 0.3) is 41.5 Å². The van der Waals surface area contributed by atoms with E-state index in [0.29, 0.717) is 14.5 Å². The summed E-state index contributed by atoms with van der Waals surface area (Å²) in [5.41, 5.74) is 11.5. The van der Waals surface area contributed by atoms with Gasteiger partial charge in [-0.1, -0.05) is 0 Å². The Kier molecular flexibility index (Phi) is 3.47. The molecule has 1 aromatic heterocycles. The maximum absolute atomic E-state index is 2.40. The predicted octanol–water partition coefficient (Wildman–Crippen LogP) is 6.91. The number of hydrogen-bond acceptors (Lipinski definition) is 0. The van der Waals surface area contributed by atoms with Crippen LogP contribution in [0.4, 0.5) is 0 Å². The Morgan fingerprint density at radius 2 is 1.46 bits per heavy atom. The molecule has 0 saturated carbocycles. The molecule has 0 amide bonds. The average molecular weight is 423 g/mol. The summed E-state index contributed by atoms with van der Waals surface area (Å²) in [5.74, 6) is 0. The molecule has 1 aliphatic rings. The van der Waals surface area contributed by atoms with Crippen molar-refractivity contribution in [3.63, 3.8) is 0 Å². The third-order valence-electron chi connectivity index (χ3n) is 6.30. The summed E-state index contributed by atoms with van der Waals surface area (Å²) in [4.78, 5) is 0. The molecule has 1 heteroatoms. The molecule has 0 radical (unpaired) electrons. The molecule has 5 aromatic rings. The van der Waals surface area contributed by atoms with Gasteiger partial charge in [0.2, 0.25) is 0 Å². The Morgan fingerprint density at radius 1 is 0.714 bits per heavy atom. The van der Waals surface area contributed by atoms with Crippen molar-refractivity contribution in [2.75, 3.05) is 0 Å². The van der Waals surface area contributed by atoms with E-state index in [9.17, 15) is 0 Å². The van der Waals surface area contributed by atoms with Crippen molar-refractivity contribution >= 4 is 33.8 Å². The van der Waals surface area contributed by atoms with E-state index in [1.807, 2.05) is 0 Å². The number of rotatable bonds is 1. The molecular weight excluding hydrogens is 403 g/mol. The zero-order valence-electron chi connectivity index (χ0n) is 16.0. The maximum atomic E-state index is 2.40. The van der Waals surface area contributed by atoms with Gasteiger partial charge in [-0.05, 0) is 0 Å².